The van der Waals surface area contributed by atoms with Crippen LogP contribution in [0.2, 0.25) is 0 Å². The summed E-state index contributed by atoms with van der Waals surface area (Å²) in [6, 6.07) is 10.6. The van der Waals surface area contributed by atoms with Crippen LogP contribution in [0.25, 0.3) is 0 Å². The Bertz CT molecular complexity index is 670. The Morgan fingerprint density at radius 2 is 2.12 bits per heavy atom. The van der Waals surface area contributed by atoms with E-state index < -0.39 is 0 Å². The molecule has 25 heavy (non-hydrogen) atoms. The van der Waals surface area contributed by atoms with E-state index in [1.807, 2.05) is 36.1 Å². The third-order valence-corrected chi connectivity index (χ3v) is 4.77. The lowest BCUT2D eigenvalue weighted by molar-refractivity contribution is -0.122. The number of carbonyl (C=O) groups is 1. The van der Waals surface area contributed by atoms with Gasteiger partial charge in [-0.15, -0.1) is 0 Å². The summed E-state index contributed by atoms with van der Waals surface area (Å²) in [6.07, 6.45) is 6.06. The predicted octanol–water partition coefficient (Wildman–Crippen LogP) is 1.23. The molecule has 1 saturated heterocycles. The van der Waals surface area contributed by atoms with E-state index in [1.54, 1.807) is 6.20 Å². The molecule has 134 valence electrons. The van der Waals surface area contributed by atoms with E-state index in [-0.39, 0.29) is 5.91 Å². The minimum atomic E-state index is 0.0886. The average Bonchev–Trinajstić information content (AvgIpc) is 3.14. The van der Waals surface area contributed by atoms with Crippen LogP contribution in [-0.4, -0.2) is 53.3 Å². The number of hydrogen-bond acceptors (Lipinski definition) is 4. The van der Waals surface area contributed by atoms with Crippen molar-refractivity contribution < 1.29 is 4.79 Å². The molecule has 1 fully saturated rings. The Kier molecular flexibility index (Phi) is 6.19. The zero-order chi connectivity index (χ0) is 17.5. The van der Waals surface area contributed by atoms with Gasteiger partial charge in [-0.1, -0.05) is 24.3 Å². The van der Waals surface area contributed by atoms with Crippen molar-refractivity contribution in [2.24, 2.45) is 0 Å². The minimum Gasteiger partial charge on any atom is -0.351 e. The van der Waals surface area contributed by atoms with Crippen molar-refractivity contribution in [3.8, 4) is 0 Å². The van der Waals surface area contributed by atoms with Gasteiger partial charge in [0.25, 0.3) is 0 Å². The zero-order valence-corrected chi connectivity index (χ0v) is 14.8. The Hall–Kier alpha value is -2.18. The molecule has 1 aromatic heterocycles. The van der Waals surface area contributed by atoms with E-state index >= 15 is 0 Å². The van der Waals surface area contributed by atoms with Crippen molar-refractivity contribution >= 4 is 5.91 Å². The van der Waals surface area contributed by atoms with E-state index in [1.165, 1.54) is 12.0 Å². The number of benzene rings is 1. The number of nitrogens with one attached hydrogen (secondary N) is 2. The lowest BCUT2D eigenvalue weighted by Gasteiger charge is -2.31. The van der Waals surface area contributed by atoms with Gasteiger partial charge in [-0.3, -0.25) is 14.4 Å². The van der Waals surface area contributed by atoms with E-state index in [4.69, 9.17) is 0 Å². The Balaban J connectivity index is 1.52. The smallest absolute Gasteiger partial charge is 0.234 e. The second kappa shape index (κ2) is 8.78. The number of nitrogens with zero attached hydrogens (tertiary/aromatic N) is 3. The molecule has 1 amide bonds. The quantitative estimate of drug-likeness (QED) is 0.795. The first-order valence-corrected chi connectivity index (χ1v) is 8.95. The molecule has 1 aliphatic rings. The minimum absolute atomic E-state index is 0.0886. The molecule has 2 aromatic rings. The van der Waals surface area contributed by atoms with Crippen LogP contribution < -0.4 is 10.6 Å². The summed E-state index contributed by atoms with van der Waals surface area (Å²) >= 11 is 0. The zero-order valence-electron chi connectivity index (χ0n) is 14.8. The van der Waals surface area contributed by atoms with Gasteiger partial charge in [0.2, 0.25) is 5.91 Å². The SMILES string of the molecule is CNC1CCCN(CC(=O)NCc2ccccc2Cn2cccn2)C1. The van der Waals surface area contributed by atoms with Crippen LogP contribution >= 0.6 is 0 Å². The van der Waals surface area contributed by atoms with E-state index in [0.29, 0.717) is 19.1 Å². The Labute approximate surface area is 149 Å². The number of likely N-dealkylation sites (tertiary alicyclic amines) is 1. The summed E-state index contributed by atoms with van der Waals surface area (Å²) in [7, 11) is 1.99. The second-order valence-electron chi connectivity index (χ2n) is 6.61. The Morgan fingerprint density at radius 3 is 2.88 bits per heavy atom. The summed E-state index contributed by atoms with van der Waals surface area (Å²) in [4.78, 5) is 14.5. The molecule has 1 unspecified atom stereocenters. The number of amides is 1. The first-order valence-electron chi connectivity index (χ1n) is 8.95. The van der Waals surface area contributed by atoms with E-state index in [2.05, 4.69) is 32.8 Å². The predicted molar refractivity (Wildman–Crippen MR) is 98.1 cm³/mol. The fraction of sp³-hybridized carbons (Fsp3) is 0.474. The third-order valence-electron chi connectivity index (χ3n) is 4.77. The molecule has 1 atom stereocenters. The molecular weight excluding hydrogens is 314 g/mol. The number of aromatic nitrogens is 2. The van der Waals surface area contributed by atoms with Crippen molar-refractivity contribution in [2.75, 3.05) is 26.7 Å². The normalized spacial score (nSPS) is 18.2. The maximum Gasteiger partial charge on any atom is 0.234 e. The second-order valence-corrected chi connectivity index (χ2v) is 6.61. The van der Waals surface area contributed by atoms with Crippen molar-refractivity contribution in [2.45, 2.75) is 32.0 Å². The number of hydrogen-bond donors (Lipinski definition) is 2. The van der Waals surface area contributed by atoms with Crippen LogP contribution in [0.1, 0.15) is 24.0 Å². The van der Waals surface area contributed by atoms with Gasteiger partial charge < -0.3 is 10.6 Å². The number of rotatable bonds is 7. The van der Waals surface area contributed by atoms with Crippen molar-refractivity contribution in [1.82, 2.24) is 25.3 Å². The van der Waals surface area contributed by atoms with Crippen LogP contribution in [0.5, 0.6) is 0 Å². The summed E-state index contributed by atoms with van der Waals surface area (Å²) in [6.45, 7) is 3.69. The van der Waals surface area contributed by atoms with Gasteiger partial charge in [0.05, 0.1) is 13.1 Å². The van der Waals surface area contributed by atoms with E-state index in [0.717, 1.165) is 31.6 Å². The van der Waals surface area contributed by atoms with Gasteiger partial charge in [-0.2, -0.15) is 5.10 Å². The monoisotopic (exact) mass is 341 g/mol. The van der Waals surface area contributed by atoms with Crippen LogP contribution in [0, 0.1) is 0 Å². The third kappa shape index (κ3) is 5.14. The first-order chi connectivity index (χ1) is 12.2. The molecule has 1 aromatic carbocycles. The number of likely N-dealkylation sites (N-methyl/N-ethyl adjacent to an activating group) is 1. The van der Waals surface area contributed by atoms with Crippen molar-refractivity contribution in [1.29, 1.82) is 0 Å². The van der Waals surface area contributed by atoms with E-state index in [9.17, 15) is 4.79 Å². The highest BCUT2D eigenvalue weighted by molar-refractivity contribution is 5.78. The summed E-state index contributed by atoms with van der Waals surface area (Å²) in [5, 5.41) is 10.6. The molecule has 0 radical (unpaired) electrons. The summed E-state index contributed by atoms with van der Waals surface area (Å²) < 4.78 is 1.90. The maximum absolute atomic E-state index is 12.3. The fourth-order valence-electron chi connectivity index (χ4n) is 3.34. The van der Waals surface area contributed by atoms with Gasteiger partial charge >= 0.3 is 0 Å². The van der Waals surface area contributed by atoms with Crippen LogP contribution in [0.3, 0.4) is 0 Å². The molecule has 6 nitrogen and oxygen atoms in total. The first kappa shape index (κ1) is 17.6. The van der Waals surface area contributed by atoms with Crippen molar-refractivity contribution in [3.63, 3.8) is 0 Å². The summed E-state index contributed by atoms with van der Waals surface area (Å²) in [5.41, 5.74) is 2.32. The highest BCUT2D eigenvalue weighted by Gasteiger charge is 2.20. The highest BCUT2D eigenvalue weighted by atomic mass is 16.2. The number of carbonyl (C=O) groups excluding carboxylic acids is 1. The molecule has 0 aliphatic carbocycles. The average molecular weight is 341 g/mol. The molecule has 2 heterocycles. The Morgan fingerprint density at radius 1 is 1.28 bits per heavy atom. The lowest BCUT2D eigenvalue weighted by atomic mass is 10.1. The molecule has 3 rings (SSSR count). The van der Waals surface area contributed by atoms with Crippen LogP contribution in [-0.2, 0) is 17.9 Å². The van der Waals surface area contributed by atoms with Gasteiger partial charge in [0, 0.05) is 31.5 Å². The van der Waals surface area contributed by atoms with Gasteiger partial charge in [0.1, 0.15) is 0 Å². The van der Waals surface area contributed by atoms with Crippen molar-refractivity contribution in [3.05, 3.63) is 53.9 Å². The van der Waals surface area contributed by atoms with Gasteiger partial charge in [-0.25, -0.2) is 0 Å². The van der Waals surface area contributed by atoms with Crippen LogP contribution in [0.4, 0.5) is 0 Å². The lowest BCUT2D eigenvalue weighted by Crippen LogP contribution is -2.47. The maximum atomic E-state index is 12.3. The van der Waals surface area contributed by atoms with Gasteiger partial charge in [0.15, 0.2) is 0 Å². The molecular formula is C19H27N5O. The standard InChI is InChI=1S/C19H27N5O/c1-20-18-8-4-10-23(14-18)15-19(25)21-12-16-6-2-3-7-17(16)13-24-11-5-9-22-24/h2-3,5-7,9,11,18,20H,4,8,10,12-15H2,1H3,(H,21,25). The molecule has 0 saturated carbocycles. The van der Waals surface area contributed by atoms with Crippen LogP contribution in [0.15, 0.2) is 42.7 Å². The highest BCUT2D eigenvalue weighted by Crippen LogP contribution is 2.11. The van der Waals surface area contributed by atoms with Gasteiger partial charge in [-0.05, 0) is 43.6 Å². The molecule has 2 N–H and O–H groups in total. The largest absolute Gasteiger partial charge is 0.351 e. The molecule has 1 aliphatic heterocycles. The molecule has 6 heteroatoms. The topological polar surface area (TPSA) is 62.2 Å². The summed E-state index contributed by atoms with van der Waals surface area (Å²) in [5.74, 6) is 0.0886. The number of piperidine rings is 1. The fourth-order valence-corrected chi connectivity index (χ4v) is 3.34. The molecule has 0 spiro atoms. The molecule has 0 bridgehead atoms.